The molecule has 2 aliphatic heterocycles. The van der Waals surface area contributed by atoms with Gasteiger partial charge in [0.2, 0.25) is 5.91 Å². The van der Waals surface area contributed by atoms with Gasteiger partial charge in [-0.3, -0.25) is 9.69 Å². The van der Waals surface area contributed by atoms with Crippen molar-refractivity contribution in [1.82, 2.24) is 9.80 Å². The minimum absolute atomic E-state index is 0.0362. The predicted octanol–water partition coefficient (Wildman–Crippen LogP) is 5.59. The number of carbonyl (C=O) groups excluding carboxylic acids is 1. The van der Waals surface area contributed by atoms with Crippen LogP contribution in [0.15, 0.2) is 78.9 Å². The number of hydrogen-bond acceptors (Lipinski definition) is 5. The van der Waals surface area contributed by atoms with E-state index < -0.39 is 0 Å². The monoisotopic (exact) mass is 509 g/mol. The van der Waals surface area contributed by atoms with Crippen LogP contribution in [0, 0.1) is 11.3 Å². The van der Waals surface area contributed by atoms with Gasteiger partial charge in [0.25, 0.3) is 0 Å². The van der Waals surface area contributed by atoms with E-state index in [1.807, 2.05) is 23.1 Å². The van der Waals surface area contributed by atoms with Crippen molar-refractivity contribution in [3.8, 4) is 28.7 Å². The Morgan fingerprint density at radius 1 is 0.947 bits per heavy atom. The summed E-state index contributed by atoms with van der Waals surface area (Å²) in [4.78, 5) is 16.5. The number of amides is 1. The molecule has 0 saturated carbocycles. The van der Waals surface area contributed by atoms with Crippen LogP contribution in [0.4, 0.5) is 0 Å². The van der Waals surface area contributed by atoms with Crippen LogP contribution in [0.5, 0.6) is 11.5 Å². The number of likely N-dealkylation sites (tertiary alicyclic amines) is 1. The second kappa shape index (κ2) is 11.5. The summed E-state index contributed by atoms with van der Waals surface area (Å²) >= 11 is 0. The first kappa shape index (κ1) is 27.0. The first-order valence-electron chi connectivity index (χ1n) is 13.0. The molecule has 6 nitrogen and oxygen atoms in total. The molecule has 2 N–H and O–H groups in total. The molecule has 0 bridgehead atoms. The maximum Gasteiger partial charge on any atom is 0.219 e. The van der Waals surface area contributed by atoms with Gasteiger partial charge in [-0.25, -0.2) is 0 Å². The highest BCUT2D eigenvalue weighted by Gasteiger charge is 2.44. The Labute approximate surface area is 225 Å². The summed E-state index contributed by atoms with van der Waals surface area (Å²) in [6.45, 7) is 11.4. The van der Waals surface area contributed by atoms with Crippen LogP contribution >= 0.6 is 0 Å². The standard InChI is InChI=1S/C26H29N3O.C6H6O2/c1-19(2)18-29-12-9-24-16-23(22-6-4-5-21(15-22)17-27)7-8-25(24)26(29)10-13-28(14-11-26)20(3)30;7-5-2-1-3-6(8)4-5/h4-8,15-16H,1,9-14,18H2,2-3H3;1-4,7-8H. The molecule has 2 heterocycles. The third kappa shape index (κ3) is 5.90. The lowest BCUT2D eigenvalue weighted by molar-refractivity contribution is -0.132. The van der Waals surface area contributed by atoms with E-state index in [2.05, 4.69) is 48.7 Å². The topological polar surface area (TPSA) is 87.8 Å². The van der Waals surface area contributed by atoms with Gasteiger partial charge in [-0.15, -0.1) is 0 Å². The van der Waals surface area contributed by atoms with Crippen molar-refractivity contribution in [2.45, 2.75) is 38.6 Å². The molecule has 0 radical (unpaired) electrons. The molecule has 2 aliphatic rings. The number of carbonyl (C=O) groups is 1. The number of aromatic hydroxyl groups is 2. The van der Waals surface area contributed by atoms with E-state index in [4.69, 9.17) is 10.2 Å². The molecule has 0 aliphatic carbocycles. The summed E-state index contributed by atoms with van der Waals surface area (Å²) in [6.07, 6.45) is 2.92. The zero-order valence-corrected chi connectivity index (χ0v) is 22.2. The molecule has 38 heavy (non-hydrogen) atoms. The number of benzene rings is 3. The molecule has 0 aromatic heterocycles. The van der Waals surface area contributed by atoms with Crippen molar-refractivity contribution in [2.24, 2.45) is 0 Å². The van der Waals surface area contributed by atoms with Crippen LogP contribution in [0.1, 0.15) is 43.4 Å². The van der Waals surface area contributed by atoms with Gasteiger partial charge in [0, 0.05) is 39.2 Å². The maximum atomic E-state index is 11.9. The molecule has 1 amide bonds. The average Bonchev–Trinajstić information content (AvgIpc) is 2.90. The molecule has 1 spiro atoms. The summed E-state index contributed by atoms with van der Waals surface area (Å²) in [5.41, 5.74) is 6.87. The highest BCUT2D eigenvalue weighted by Crippen LogP contribution is 2.44. The van der Waals surface area contributed by atoms with Crippen molar-refractivity contribution < 1.29 is 15.0 Å². The zero-order valence-electron chi connectivity index (χ0n) is 22.2. The second-order valence-corrected chi connectivity index (χ2v) is 10.3. The number of nitrogens with zero attached hydrogens (tertiary/aromatic N) is 3. The number of rotatable bonds is 3. The quantitative estimate of drug-likeness (QED) is 0.449. The van der Waals surface area contributed by atoms with Gasteiger partial charge in [-0.05, 0) is 72.7 Å². The van der Waals surface area contributed by atoms with E-state index in [-0.39, 0.29) is 22.9 Å². The Hall–Kier alpha value is -4.08. The van der Waals surface area contributed by atoms with Crippen molar-refractivity contribution in [3.05, 3.63) is 95.6 Å². The van der Waals surface area contributed by atoms with Gasteiger partial charge in [0.1, 0.15) is 11.5 Å². The number of nitriles is 1. The van der Waals surface area contributed by atoms with Crippen molar-refractivity contribution in [2.75, 3.05) is 26.2 Å². The Morgan fingerprint density at radius 3 is 2.18 bits per heavy atom. The lowest BCUT2D eigenvalue weighted by Crippen LogP contribution is -2.57. The molecule has 1 saturated heterocycles. The zero-order chi connectivity index (χ0) is 27.3. The molecule has 3 aromatic rings. The van der Waals surface area contributed by atoms with E-state index >= 15 is 0 Å². The Bertz CT molecular complexity index is 1350. The van der Waals surface area contributed by atoms with E-state index in [0.717, 1.165) is 56.6 Å². The predicted molar refractivity (Wildman–Crippen MR) is 150 cm³/mol. The van der Waals surface area contributed by atoms with Crippen LogP contribution in [-0.4, -0.2) is 52.1 Å². The Balaban J connectivity index is 0.000000360. The number of phenolic OH excluding ortho intramolecular Hbond substituents is 2. The first-order chi connectivity index (χ1) is 18.2. The Kier molecular flexibility index (Phi) is 8.19. The summed E-state index contributed by atoms with van der Waals surface area (Å²) in [5, 5.41) is 26.5. The number of piperidine rings is 1. The highest BCUT2D eigenvalue weighted by molar-refractivity contribution is 5.73. The number of hydrogen-bond donors (Lipinski definition) is 2. The highest BCUT2D eigenvalue weighted by atomic mass is 16.3. The third-order valence-corrected chi connectivity index (χ3v) is 7.51. The Morgan fingerprint density at radius 2 is 1.61 bits per heavy atom. The van der Waals surface area contributed by atoms with Crippen molar-refractivity contribution in [1.29, 1.82) is 5.26 Å². The fourth-order valence-electron chi connectivity index (χ4n) is 5.67. The van der Waals surface area contributed by atoms with Gasteiger partial charge in [0.15, 0.2) is 0 Å². The molecule has 196 valence electrons. The van der Waals surface area contributed by atoms with Crippen LogP contribution in [0.3, 0.4) is 0 Å². The van der Waals surface area contributed by atoms with Gasteiger partial charge in [0.05, 0.1) is 17.2 Å². The van der Waals surface area contributed by atoms with E-state index in [9.17, 15) is 10.1 Å². The summed E-state index contributed by atoms with van der Waals surface area (Å²) in [7, 11) is 0. The van der Waals surface area contributed by atoms with Gasteiger partial charge >= 0.3 is 0 Å². The van der Waals surface area contributed by atoms with Crippen molar-refractivity contribution in [3.63, 3.8) is 0 Å². The molecule has 1 fully saturated rings. The van der Waals surface area contributed by atoms with E-state index in [1.165, 1.54) is 34.9 Å². The molecular weight excluding hydrogens is 474 g/mol. The molecular formula is C32H35N3O3. The van der Waals surface area contributed by atoms with Crippen LogP contribution in [-0.2, 0) is 16.8 Å². The fraction of sp³-hybridized carbons (Fsp3) is 0.312. The molecule has 0 unspecified atom stereocenters. The molecule has 5 rings (SSSR count). The lowest BCUT2D eigenvalue weighted by Gasteiger charge is -2.52. The molecule has 6 heteroatoms. The normalized spacial score (nSPS) is 16.1. The fourth-order valence-corrected chi connectivity index (χ4v) is 5.67. The van der Waals surface area contributed by atoms with Crippen LogP contribution in [0.2, 0.25) is 0 Å². The summed E-state index contributed by atoms with van der Waals surface area (Å²) in [5.74, 6) is 0.343. The number of fused-ring (bicyclic) bond motifs is 2. The largest absolute Gasteiger partial charge is 0.508 e. The van der Waals surface area contributed by atoms with E-state index in [0.29, 0.717) is 5.56 Å². The minimum Gasteiger partial charge on any atom is -0.508 e. The molecule has 3 aromatic carbocycles. The van der Waals surface area contributed by atoms with E-state index in [1.54, 1.807) is 13.0 Å². The minimum atomic E-state index is -0.0362. The lowest BCUT2D eigenvalue weighted by atomic mass is 9.73. The maximum absolute atomic E-state index is 11.9. The number of phenols is 2. The van der Waals surface area contributed by atoms with Gasteiger partial charge in [-0.1, -0.05) is 48.6 Å². The first-order valence-corrected chi connectivity index (χ1v) is 13.0. The van der Waals surface area contributed by atoms with Gasteiger partial charge < -0.3 is 15.1 Å². The smallest absolute Gasteiger partial charge is 0.219 e. The van der Waals surface area contributed by atoms with Gasteiger partial charge in [-0.2, -0.15) is 5.26 Å². The van der Waals surface area contributed by atoms with Crippen LogP contribution < -0.4 is 0 Å². The SMILES string of the molecule is C=C(C)CN1CCc2cc(-c3cccc(C#N)c3)ccc2C12CCN(C(C)=O)CC2.Oc1cccc(O)c1. The molecule has 0 atom stereocenters. The van der Waals surface area contributed by atoms with Crippen LogP contribution in [0.25, 0.3) is 11.1 Å². The summed E-state index contributed by atoms with van der Waals surface area (Å²) in [6, 6.07) is 22.7. The third-order valence-electron chi connectivity index (χ3n) is 7.51. The second-order valence-electron chi connectivity index (χ2n) is 10.3. The van der Waals surface area contributed by atoms with Crippen molar-refractivity contribution >= 4 is 5.91 Å². The average molecular weight is 510 g/mol. The summed E-state index contributed by atoms with van der Waals surface area (Å²) < 4.78 is 0.